The molecule has 0 aliphatic heterocycles. The van der Waals surface area contributed by atoms with Crippen molar-refractivity contribution >= 4 is 23.6 Å². The van der Waals surface area contributed by atoms with Crippen molar-refractivity contribution in [1.29, 1.82) is 0 Å². The minimum atomic E-state index is -0.955. The van der Waals surface area contributed by atoms with Crippen molar-refractivity contribution in [3.8, 4) is 0 Å². The molecule has 0 bridgehead atoms. The number of carboxylic acid groups (broad SMARTS) is 1. The van der Waals surface area contributed by atoms with E-state index in [1.54, 1.807) is 6.08 Å². The Hall–Kier alpha value is -2.10. The van der Waals surface area contributed by atoms with Crippen LogP contribution < -0.4 is 0 Å². The van der Waals surface area contributed by atoms with Gasteiger partial charge >= 0.3 is 5.97 Å². The van der Waals surface area contributed by atoms with E-state index in [-0.39, 0.29) is 0 Å². The van der Waals surface area contributed by atoms with Crippen LogP contribution in [0.15, 0.2) is 54.6 Å². The first-order valence-corrected chi connectivity index (χ1v) is 6.83. The molecular weight excluding hydrogens is 288 g/mol. The van der Waals surface area contributed by atoms with Gasteiger partial charge in [0.25, 0.3) is 0 Å². The van der Waals surface area contributed by atoms with Crippen molar-refractivity contribution in [3.63, 3.8) is 0 Å². The van der Waals surface area contributed by atoms with Gasteiger partial charge in [-0.2, -0.15) is 0 Å². The lowest BCUT2D eigenvalue weighted by Crippen LogP contribution is -1.94. The molecule has 0 unspecified atom stereocenters. The van der Waals surface area contributed by atoms with E-state index in [2.05, 4.69) is 0 Å². The molecule has 1 N–H and O–H groups in total. The SMILES string of the molecule is O=C(O)C=Cc1ccc(COCc2cccc(Cl)c2)cc1. The van der Waals surface area contributed by atoms with Crippen LogP contribution in [0.1, 0.15) is 16.7 Å². The molecule has 108 valence electrons. The minimum Gasteiger partial charge on any atom is -0.478 e. The maximum Gasteiger partial charge on any atom is 0.328 e. The van der Waals surface area contributed by atoms with E-state index in [0.29, 0.717) is 18.2 Å². The zero-order valence-electron chi connectivity index (χ0n) is 11.3. The molecule has 0 aromatic heterocycles. The van der Waals surface area contributed by atoms with Crippen LogP contribution in [-0.4, -0.2) is 11.1 Å². The number of ether oxygens (including phenoxy) is 1. The van der Waals surface area contributed by atoms with Gasteiger partial charge in [0.05, 0.1) is 13.2 Å². The van der Waals surface area contributed by atoms with Crippen LogP contribution >= 0.6 is 11.6 Å². The topological polar surface area (TPSA) is 46.5 Å². The largest absolute Gasteiger partial charge is 0.478 e. The summed E-state index contributed by atoms with van der Waals surface area (Å²) in [6.07, 6.45) is 2.67. The lowest BCUT2D eigenvalue weighted by atomic mass is 10.1. The molecule has 2 rings (SSSR count). The summed E-state index contributed by atoms with van der Waals surface area (Å²) < 4.78 is 5.63. The van der Waals surface area contributed by atoms with Gasteiger partial charge in [-0.25, -0.2) is 4.79 Å². The summed E-state index contributed by atoms with van der Waals surface area (Å²) in [4.78, 5) is 10.4. The van der Waals surface area contributed by atoms with Gasteiger partial charge in [0, 0.05) is 11.1 Å². The molecule has 0 saturated heterocycles. The molecule has 0 saturated carbocycles. The second-order valence-corrected chi connectivity index (χ2v) is 4.97. The van der Waals surface area contributed by atoms with E-state index in [9.17, 15) is 4.79 Å². The molecule has 21 heavy (non-hydrogen) atoms. The Morgan fingerprint density at radius 2 is 1.81 bits per heavy atom. The van der Waals surface area contributed by atoms with E-state index in [4.69, 9.17) is 21.4 Å². The number of aliphatic carboxylic acids is 1. The summed E-state index contributed by atoms with van der Waals surface area (Å²) >= 11 is 5.91. The molecule has 0 atom stereocenters. The molecule has 0 spiro atoms. The zero-order valence-corrected chi connectivity index (χ0v) is 12.1. The zero-order chi connectivity index (χ0) is 15.1. The van der Waals surface area contributed by atoms with Gasteiger partial charge in [0.2, 0.25) is 0 Å². The highest BCUT2D eigenvalue weighted by Crippen LogP contribution is 2.13. The number of rotatable bonds is 6. The third-order valence-corrected chi connectivity index (χ3v) is 3.06. The lowest BCUT2D eigenvalue weighted by molar-refractivity contribution is -0.131. The van der Waals surface area contributed by atoms with Gasteiger partial charge in [-0.1, -0.05) is 48.0 Å². The first-order valence-electron chi connectivity index (χ1n) is 6.45. The quantitative estimate of drug-likeness (QED) is 0.815. The number of halogens is 1. The maximum atomic E-state index is 10.4. The second-order valence-electron chi connectivity index (χ2n) is 4.54. The van der Waals surface area contributed by atoms with Gasteiger partial charge in [-0.3, -0.25) is 0 Å². The summed E-state index contributed by atoms with van der Waals surface area (Å²) in [5.41, 5.74) is 2.91. The van der Waals surface area contributed by atoms with Gasteiger partial charge in [-0.15, -0.1) is 0 Å². The standard InChI is InChI=1S/C17H15ClO3/c18-16-3-1-2-15(10-16)12-21-11-14-6-4-13(5-7-14)8-9-17(19)20/h1-10H,11-12H2,(H,19,20). The van der Waals surface area contributed by atoms with Crippen LogP contribution in [-0.2, 0) is 22.7 Å². The number of hydrogen-bond donors (Lipinski definition) is 1. The van der Waals surface area contributed by atoms with Crippen LogP contribution in [0.3, 0.4) is 0 Å². The van der Waals surface area contributed by atoms with Crippen LogP contribution in [0.5, 0.6) is 0 Å². The predicted molar refractivity (Wildman–Crippen MR) is 83.1 cm³/mol. The number of benzene rings is 2. The van der Waals surface area contributed by atoms with Gasteiger partial charge in [0.15, 0.2) is 0 Å². The second kappa shape index (κ2) is 7.62. The fourth-order valence-electron chi connectivity index (χ4n) is 1.81. The van der Waals surface area contributed by atoms with E-state index in [1.165, 1.54) is 0 Å². The van der Waals surface area contributed by atoms with Gasteiger partial charge < -0.3 is 9.84 Å². The third-order valence-electron chi connectivity index (χ3n) is 2.82. The summed E-state index contributed by atoms with van der Waals surface area (Å²) in [6.45, 7) is 0.997. The number of carbonyl (C=O) groups is 1. The Balaban J connectivity index is 1.85. The van der Waals surface area contributed by atoms with Crippen molar-refractivity contribution in [2.75, 3.05) is 0 Å². The third kappa shape index (κ3) is 5.42. The summed E-state index contributed by atoms with van der Waals surface area (Å²) in [5, 5.41) is 9.26. The average molecular weight is 303 g/mol. The molecule has 4 heteroatoms. The van der Waals surface area contributed by atoms with Crippen LogP contribution in [0.25, 0.3) is 6.08 Å². The normalized spacial score (nSPS) is 10.9. The Morgan fingerprint density at radius 1 is 1.10 bits per heavy atom. The minimum absolute atomic E-state index is 0.495. The summed E-state index contributed by atoms with van der Waals surface area (Å²) in [6, 6.07) is 15.1. The van der Waals surface area contributed by atoms with Gasteiger partial charge in [0.1, 0.15) is 0 Å². The first-order chi connectivity index (χ1) is 10.1. The van der Waals surface area contributed by atoms with Crippen molar-refractivity contribution in [2.24, 2.45) is 0 Å². The highest BCUT2D eigenvalue weighted by Gasteiger charge is 1.97. The molecule has 3 nitrogen and oxygen atoms in total. The molecule has 0 fully saturated rings. The summed E-state index contributed by atoms with van der Waals surface area (Å²) in [5.74, 6) is -0.955. The van der Waals surface area contributed by atoms with Crippen LogP contribution in [0.2, 0.25) is 5.02 Å². The van der Waals surface area contributed by atoms with Crippen molar-refractivity contribution < 1.29 is 14.6 Å². The average Bonchev–Trinajstić information content (AvgIpc) is 2.46. The van der Waals surface area contributed by atoms with Crippen LogP contribution in [0, 0.1) is 0 Å². The molecule has 2 aromatic carbocycles. The van der Waals surface area contributed by atoms with E-state index >= 15 is 0 Å². The number of hydrogen-bond acceptors (Lipinski definition) is 2. The predicted octanol–water partition coefficient (Wildman–Crippen LogP) is 4.15. The molecule has 0 aliphatic rings. The Kier molecular flexibility index (Phi) is 5.55. The Bertz CT molecular complexity index is 633. The van der Waals surface area contributed by atoms with E-state index < -0.39 is 5.97 Å². The molecule has 0 heterocycles. The fraction of sp³-hybridized carbons (Fsp3) is 0.118. The van der Waals surface area contributed by atoms with Crippen molar-refractivity contribution in [2.45, 2.75) is 13.2 Å². The monoisotopic (exact) mass is 302 g/mol. The van der Waals surface area contributed by atoms with E-state index in [0.717, 1.165) is 22.8 Å². The smallest absolute Gasteiger partial charge is 0.328 e. The molecular formula is C17H15ClO3. The van der Waals surface area contributed by atoms with E-state index in [1.807, 2.05) is 48.5 Å². The van der Waals surface area contributed by atoms with Gasteiger partial charge in [-0.05, 0) is 34.9 Å². The highest BCUT2D eigenvalue weighted by molar-refractivity contribution is 6.30. The Labute approximate surface area is 128 Å². The molecule has 0 aliphatic carbocycles. The van der Waals surface area contributed by atoms with Crippen molar-refractivity contribution in [1.82, 2.24) is 0 Å². The summed E-state index contributed by atoms with van der Waals surface area (Å²) in [7, 11) is 0. The molecule has 0 amide bonds. The lowest BCUT2D eigenvalue weighted by Gasteiger charge is -2.05. The van der Waals surface area contributed by atoms with Crippen LogP contribution in [0.4, 0.5) is 0 Å². The first kappa shape index (κ1) is 15.3. The maximum absolute atomic E-state index is 10.4. The highest BCUT2D eigenvalue weighted by atomic mass is 35.5. The van der Waals surface area contributed by atoms with Crippen molar-refractivity contribution in [3.05, 3.63) is 76.3 Å². The number of carboxylic acids is 1. The Morgan fingerprint density at radius 3 is 2.48 bits per heavy atom. The molecule has 2 aromatic rings. The molecule has 0 radical (unpaired) electrons. The fourth-order valence-corrected chi connectivity index (χ4v) is 2.02.